The lowest BCUT2D eigenvalue weighted by atomic mass is 9.88. The maximum absolute atomic E-state index is 12.7. The largest absolute Gasteiger partial charge is 0.356 e. The molecular weight excluding hydrogens is 338 g/mol. The van der Waals surface area contributed by atoms with Crippen molar-refractivity contribution in [1.29, 1.82) is 0 Å². The quantitative estimate of drug-likeness (QED) is 0.568. The molecule has 2 saturated heterocycles. The summed E-state index contributed by atoms with van der Waals surface area (Å²) in [5.74, 6) is 2.31. The number of amides is 1. The summed E-state index contributed by atoms with van der Waals surface area (Å²) >= 11 is 0. The minimum Gasteiger partial charge on any atom is -0.356 e. The molecule has 152 valence electrons. The average molecular weight is 376 g/mol. The molecule has 1 amide bonds. The van der Waals surface area contributed by atoms with Gasteiger partial charge in [-0.1, -0.05) is 19.3 Å². The van der Waals surface area contributed by atoms with Crippen molar-refractivity contribution in [1.82, 2.24) is 20.4 Å². The standard InChI is InChI=1S/C21H37N5O/c1-22-21(23-13-16-9-11-25(14-16)19-7-8-19)24-18-10-12-26(15-18)20(27)17-5-3-2-4-6-17/h16-19H,2-15H2,1H3,(H2,22,23,24). The number of likely N-dealkylation sites (tertiary alicyclic amines) is 2. The van der Waals surface area contributed by atoms with E-state index in [1.54, 1.807) is 0 Å². The normalized spacial score (nSPS) is 30.7. The van der Waals surface area contributed by atoms with Crippen LogP contribution in [-0.2, 0) is 4.79 Å². The van der Waals surface area contributed by atoms with Crippen LogP contribution in [0.1, 0.15) is 57.8 Å². The Balaban J connectivity index is 1.18. The van der Waals surface area contributed by atoms with E-state index in [0.717, 1.165) is 56.8 Å². The molecule has 2 aliphatic heterocycles. The molecule has 2 saturated carbocycles. The molecule has 4 aliphatic rings. The molecule has 0 radical (unpaired) electrons. The first-order chi connectivity index (χ1) is 13.2. The Morgan fingerprint density at radius 2 is 1.81 bits per heavy atom. The second-order valence-corrected chi connectivity index (χ2v) is 9.08. The van der Waals surface area contributed by atoms with Crippen LogP contribution in [0.5, 0.6) is 0 Å². The number of carbonyl (C=O) groups excluding carboxylic acids is 1. The Bertz CT molecular complexity index is 541. The number of guanidine groups is 1. The molecule has 2 atom stereocenters. The summed E-state index contributed by atoms with van der Waals surface area (Å²) < 4.78 is 0. The highest BCUT2D eigenvalue weighted by atomic mass is 16.2. The second-order valence-electron chi connectivity index (χ2n) is 9.08. The van der Waals surface area contributed by atoms with Crippen molar-refractivity contribution >= 4 is 11.9 Å². The van der Waals surface area contributed by atoms with Gasteiger partial charge in [0, 0.05) is 51.2 Å². The predicted molar refractivity (Wildman–Crippen MR) is 109 cm³/mol. The van der Waals surface area contributed by atoms with Crippen molar-refractivity contribution in [2.45, 2.75) is 69.9 Å². The van der Waals surface area contributed by atoms with Gasteiger partial charge < -0.3 is 20.4 Å². The van der Waals surface area contributed by atoms with Crippen LogP contribution >= 0.6 is 0 Å². The van der Waals surface area contributed by atoms with Gasteiger partial charge in [0.15, 0.2) is 5.96 Å². The zero-order chi connectivity index (χ0) is 18.6. The summed E-state index contributed by atoms with van der Waals surface area (Å²) in [6, 6.07) is 1.22. The summed E-state index contributed by atoms with van der Waals surface area (Å²) in [5.41, 5.74) is 0. The fourth-order valence-corrected chi connectivity index (χ4v) is 5.12. The molecule has 0 bridgehead atoms. The Kier molecular flexibility index (Phi) is 6.21. The van der Waals surface area contributed by atoms with E-state index in [-0.39, 0.29) is 5.92 Å². The van der Waals surface area contributed by atoms with Gasteiger partial charge in [-0.05, 0) is 51.0 Å². The molecule has 27 heavy (non-hydrogen) atoms. The zero-order valence-electron chi connectivity index (χ0n) is 17.0. The van der Waals surface area contributed by atoms with Gasteiger partial charge in [-0.25, -0.2) is 0 Å². The third kappa shape index (κ3) is 4.95. The maximum atomic E-state index is 12.7. The summed E-state index contributed by atoms with van der Waals surface area (Å²) in [6.45, 7) is 5.23. The molecule has 2 unspecified atom stereocenters. The van der Waals surface area contributed by atoms with Crippen molar-refractivity contribution in [2.24, 2.45) is 16.8 Å². The van der Waals surface area contributed by atoms with E-state index < -0.39 is 0 Å². The minimum absolute atomic E-state index is 0.284. The lowest BCUT2D eigenvalue weighted by Crippen LogP contribution is -2.46. The van der Waals surface area contributed by atoms with Crippen LogP contribution in [0.15, 0.2) is 4.99 Å². The minimum atomic E-state index is 0.284. The predicted octanol–water partition coefficient (Wildman–Crippen LogP) is 1.82. The maximum Gasteiger partial charge on any atom is 0.225 e. The number of rotatable bonds is 5. The van der Waals surface area contributed by atoms with Gasteiger partial charge in [-0.2, -0.15) is 0 Å². The number of hydrogen-bond donors (Lipinski definition) is 2. The molecule has 0 aromatic carbocycles. The smallest absolute Gasteiger partial charge is 0.225 e. The Morgan fingerprint density at radius 3 is 2.56 bits per heavy atom. The first-order valence-electron chi connectivity index (χ1n) is 11.2. The lowest BCUT2D eigenvalue weighted by Gasteiger charge is -2.26. The zero-order valence-corrected chi connectivity index (χ0v) is 17.0. The number of carbonyl (C=O) groups is 1. The van der Waals surface area contributed by atoms with E-state index in [4.69, 9.17) is 0 Å². The molecule has 2 N–H and O–H groups in total. The third-order valence-electron chi connectivity index (χ3n) is 6.96. The van der Waals surface area contributed by atoms with Gasteiger partial charge in [0.1, 0.15) is 0 Å². The topological polar surface area (TPSA) is 60.0 Å². The van der Waals surface area contributed by atoms with Crippen LogP contribution in [0.25, 0.3) is 0 Å². The van der Waals surface area contributed by atoms with E-state index in [1.807, 2.05) is 7.05 Å². The van der Waals surface area contributed by atoms with Crippen molar-refractivity contribution in [3.8, 4) is 0 Å². The molecule has 6 nitrogen and oxygen atoms in total. The molecule has 4 rings (SSSR count). The molecular formula is C21H37N5O. The molecule has 6 heteroatoms. The van der Waals surface area contributed by atoms with E-state index in [2.05, 4.69) is 25.4 Å². The fraction of sp³-hybridized carbons (Fsp3) is 0.905. The highest BCUT2D eigenvalue weighted by Crippen LogP contribution is 2.31. The van der Waals surface area contributed by atoms with Gasteiger partial charge in [-0.15, -0.1) is 0 Å². The molecule has 4 fully saturated rings. The van der Waals surface area contributed by atoms with E-state index in [9.17, 15) is 4.79 Å². The van der Waals surface area contributed by atoms with Crippen LogP contribution in [-0.4, -0.2) is 73.5 Å². The molecule has 0 aromatic rings. The Morgan fingerprint density at radius 1 is 1.00 bits per heavy atom. The Labute approximate surface area is 164 Å². The number of nitrogens with zero attached hydrogens (tertiary/aromatic N) is 3. The van der Waals surface area contributed by atoms with Gasteiger partial charge in [-0.3, -0.25) is 9.79 Å². The highest BCUT2D eigenvalue weighted by molar-refractivity contribution is 5.81. The van der Waals surface area contributed by atoms with Crippen LogP contribution in [0, 0.1) is 11.8 Å². The second kappa shape index (κ2) is 8.80. The summed E-state index contributed by atoms with van der Waals surface area (Å²) in [6.07, 6.45) is 11.1. The van der Waals surface area contributed by atoms with Crippen molar-refractivity contribution in [2.75, 3.05) is 39.8 Å². The molecule has 0 spiro atoms. The monoisotopic (exact) mass is 375 g/mol. The first kappa shape index (κ1) is 19.0. The van der Waals surface area contributed by atoms with Crippen LogP contribution in [0.2, 0.25) is 0 Å². The van der Waals surface area contributed by atoms with Crippen molar-refractivity contribution < 1.29 is 4.79 Å². The third-order valence-corrected chi connectivity index (χ3v) is 6.96. The molecule has 2 aliphatic carbocycles. The van der Waals surface area contributed by atoms with E-state index in [1.165, 1.54) is 51.6 Å². The SMILES string of the molecule is CN=C(NCC1CCN(C2CC2)C1)NC1CCN(C(=O)C2CCCCC2)C1. The van der Waals surface area contributed by atoms with Gasteiger partial charge in [0.25, 0.3) is 0 Å². The van der Waals surface area contributed by atoms with Crippen LogP contribution < -0.4 is 10.6 Å². The summed E-state index contributed by atoms with van der Waals surface area (Å²) in [7, 11) is 1.85. The number of aliphatic imine (C=N–C) groups is 1. The molecule has 0 aromatic heterocycles. The van der Waals surface area contributed by atoms with Gasteiger partial charge in [0.2, 0.25) is 5.91 Å². The summed E-state index contributed by atoms with van der Waals surface area (Å²) in [5, 5.41) is 7.09. The van der Waals surface area contributed by atoms with Gasteiger partial charge in [0.05, 0.1) is 0 Å². The number of nitrogens with one attached hydrogen (secondary N) is 2. The number of hydrogen-bond acceptors (Lipinski definition) is 3. The summed E-state index contributed by atoms with van der Waals surface area (Å²) in [4.78, 5) is 21.9. The van der Waals surface area contributed by atoms with Crippen LogP contribution in [0.3, 0.4) is 0 Å². The van der Waals surface area contributed by atoms with Crippen molar-refractivity contribution in [3.63, 3.8) is 0 Å². The Hall–Kier alpha value is -1.30. The molecule has 2 heterocycles. The highest BCUT2D eigenvalue weighted by Gasteiger charge is 2.35. The van der Waals surface area contributed by atoms with Gasteiger partial charge >= 0.3 is 0 Å². The fourth-order valence-electron chi connectivity index (χ4n) is 5.12. The lowest BCUT2D eigenvalue weighted by molar-refractivity contribution is -0.135. The average Bonchev–Trinajstić information content (AvgIpc) is 3.27. The van der Waals surface area contributed by atoms with E-state index in [0.29, 0.717) is 11.9 Å². The van der Waals surface area contributed by atoms with Crippen LogP contribution in [0.4, 0.5) is 0 Å². The van der Waals surface area contributed by atoms with E-state index >= 15 is 0 Å². The first-order valence-corrected chi connectivity index (χ1v) is 11.2. The van der Waals surface area contributed by atoms with Crippen molar-refractivity contribution in [3.05, 3.63) is 0 Å².